The maximum atomic E-state index is 13.0. The molecule has 2 amide bonds. The van der Waals surface area contributed by atoms with Gasteiger partial charge in [0.2, 0.25) is 5.91 Å². The molecule has 12 heteroatoms. The van der Waals surface area contributed by atoms with Gasteiger partial charge in [0, 0.05) is 51.3 Å². The number of hydrogen-bond donors (Lipinski definition) is 0. The zero-order valence-corrected chi connectivity index (χ0v) is 18.2. The number of halogens is 3. The number of piperazine rings is 1. The van der Waals surface area contributed by atoms with E-state index in [-0.39, 0.29) is 42.3 Å². The van der Waals surface area contributed by atoms with Crippen LogP contribution in [0.5, 0.6) is 0 Å². The van der Waals surface area contributed by atoms with Crippen molar-refractivity contribution in [2.24, 2.45) is 5.92 Å². The predicted molar refractivity (Wildman–Crippen MR) is 114 cm³/mol. The van der Waals surface area contributed by atoms with Crippen LogP contribution in [0.2, 0.25) is 0 Å². The summed E-state index contributed by atoms with van der Waals surface area (Å²) >= 11 is 0. The fourth-order valence-electron chi connectivity index (χ4n) is 4.42. The van der Waals surface area contributed by atoms with Crippen LogP contribution in [0, 0.1) is 16.0 Å². The van der Waals surface area contributed by atoms with Crippen molar-refractivity contribution in [1.82, 2.24) is 9.80 Å². The summed E-state index contributed by atoms with van der Waals surface area (Å²) in [4.78, 5) is 40.9. The number of nitro groups is 1. The highest BCUT2D eigenvalue weighted by Crippen LogP contribution is 2.37. The largest absolute Gasteiger partial charge is 0.459 e. The average Bonchev–Trinajstić information content (AvgIpc) is 3.37. The van der Waals surface area contributed by atoms with Gasteiger partial charge in [-0.3, -0.25) is 19.7 Å². The molecule has 0 radical (unpaired) electrons. The molecule has 34 heavy (non-hydrogen) atoms. The smallest absolute Gasteiger partial charge is 0.416 e. The molecule has 0 bridgehead atoms. The first kappa shape index (κ1) is 23.6. The second-order valence-electron chi connectivity index (χ2n) is 8.31. The molecule has 4 rings (SSSR count). The summed E-state index contributed by atoms with van der Waals surface area (Å²) in [5.41, 5.74) is -1.58. The molecule has 3 heterocycles. The zero-order valence-electron chi connectivity index (χ0n) is 18.2. The molecule has 0 saturated carbocycles. The van der Waals surface area contributed by atoms with Crippen molar-refractivity contribution >= 4 is 23.2 Å². The van der Waals surface area contributed by atoms with Gasteiger partial charge in [-0.05, 0) is 37.1 Å². The summed E-state index contributed by atoms with van der Waals surface area (Å²) in [5, 5.41) is 11.4. The Balaban J connectivity index is 1.34. The molecule has 2 saturated heterocycles. The topological polar surface area (TPSA) is 100 Å². The normalized spacial score (nSPS) is 17.7. The minimum Gasteiger partial charge on any atom is -0.459 e. The monoisotopic (exact) mass is 480 g/mol. The summed E-state index contributed by atoms with van der Waals surface area (Å²) in [7, 11) is 0. The van der Waals surface area contributed by atoms with Gasteiger partial charge in [-0.15, -0.1) is 0 Å². The molecule has 0 aliphatic carbocycles. The fourth-order valence-corrected chi connectivity index (χ4v) is 4.42. The lowest BCUT2D eigenvalue weighted by atomic mass is 9.94. The Morgan fingerprint density at radius 3 is 2.24 bits per heavy atom. The van der Waals surface area contributed by atoms with E-state index >= 15 is 0 Å². The van der Waals surface area contributed by atoms with Crippen LogP contribution in [0.1, 0.15) is 29.0 Å². The number of likely N-dealkylation sites (tertiary alicyclic amines) is 1. The summed E-state index contributed by atoms with van der Waals surface area (Å²) < 4.78 is 44.0. The number of hydrogen-bond acceptors (Lipinski definition) is 6. The highest BCUT2D eigenvalue weighted by atomic mass is 19.4. The molecule has 0 atom stereocenters. The molecule has 0 N–H and O–H groups in total. The van der Waals surface area contributed by atoms with Crippen molar-refractivity contribution in [3.05, 3.63) is 58.0 Å². The molecule has 2 aliphatic heterocycles. The number of piperidine rings is 1. The molecule has 2 fully saturated rings. The first-order valence-corrected chi connectivity index (χ1v) is 10.9. The molecule has 0 spiro atoms. The van der Waals surface area contributed by atoms with Crippen molar-refractivity contribution in [3.63, 3.8) is 0 Å². The molecular weight excluding hydrogens is 457 g/mol. The Kier molecular flexibility index (Phi) is 6.49. The standard InChI is InChI=1S/C22H23F3N4O5/c23-22(24,25)16-3-4-17(18(14-16)29(32)33)26-9-11-28(12-10-26)20(30)15-5-7-27(8-6-15)21(31)19-2-1-13-34-19/h1-4,13-15H,5-12H2. The van der Waals surface area contributed by atoms with Crippen molar-refractivity contribution in [3.8, 4) is 0 Å². The number of furan rings is 1. The Morgan fingerprint density at radius 1 is 1.00 bits per heavy atom. The highest BCUT2D eigenvalue weighted by Gasteiger charge is 2.36. The van der Waals surface area contributed by atoms with Crippen molar-refractivity contribution in [2.45, 2.75) is 19.0 Å². The van der Waals surface area contributed by atoms with Gasteiger partial charge in [-0.2, -0.15) is 13.2 Å². The van der Waals surface area contributed by atoms with E-state index in [1.807, 2.05) is 0 Å². The first-order chi connectivity index (χ1) is 16.1. The van der Waals surface area contributed by atoms with Crippen molar-refractivity contribution < 1.29 is 32.1 Å². The van der Waals surface area contributed by atoms with Gasteiger partial charge in [0.25, 0.3) is 11.6 Å². The summed E-state index contributed by atoms with van der Waals surface area (Å²) in [5.74, 6) is -0.208. The van der Waals surface area contributed by atoms with E-state index < -0.39 is 22.4 Å². The minimum absolute atomic E-state index is 0.0355. The van der Waals surface area contributed by atoms with Crippen LogP contribution in [0.3, 0.4) is 0 Å². The maximum Gasteiger partial charge on any atom is 0.416 e. The van der Waals surface area contributed by atoms with E-state index in [0.29, 0.717) is 45.1 Å². The number of nitro benzene ring substituents is 1. The third-order valence-corrected chi connectivity index (χ3v) is 6.29. The number of carbonyl (C=O) groups is 2. The third kappa shape index (κ3) is 4.85. The summed E-state index contributed by atoms with van der Waals surface area (Å²) in [6.07, 6.45) is -2.19. The molecule has 0 unspecified atom stereocenters. The Hall–Kier alpha value is -3.57. The predicted octanol–water partition coefficient (Wildman–Crippen LogP) is 3.41. The maximum absolute atomic E-state index is 13.0. The number of carbonyl (C=O) groups excluding carboxylic acids is 2. The number of alkyl halides is 3. The van der Waals surface area contributed by atoms with Crippen molar-refractivity contribution in [2.75, 3.05) is 44.2 Å². The molecule has 1 aromatic heterocycles. The molecule has 9 nitrogen and oxygen atoms in total. The van der Waals surface area contributed by atoms with Gasteiger partial charge in [-0.25, -0.2) is 0 Å². The van der Waals surface area contributed by atoms with Gasteiger partial charge in [0.15, 0.2) is 5.76 Å². The molecular formula is C22H23F3N4O5. The van der Waals surface area contributed by atoms with Crippen LogP contribution in [0.4, 0.5) is 24.5 Å². The number of anilines is 1. The van der Waals surface area contributed by atoms with Crippen LogP contribution in [-0.4, -0.2) is 65.8 Å². The van der Waals surface area contributed by atoms with E-state index in [2.05, 4.69) is 0 Å². The van der Waals surface area contributed by atoms with E-state index in [9.17, 15) is 32.9 Å². The second-order valence-corrected chi connectivity index (χ2v) is 8.31. The van der Waals surface area contributed by atoms with E-state index in [1.165, 1.54) is 6.26 Å². The Labute approximate surface area is 192 Å². The Bertz CT molecular complexity index is 1060. The SMILES string of the molecule is O=C(c1ccco1)N1CCC(C(=O)N2CCN(c3ccc(C(F)(F)F)cc3[N+](=O)[O-])CC2)CC1. The average molecular weight is 480 g/mol. The zero-order chi connectivity index (χ0) is 24.5. The minimum atomic E-state index is -4.67. The molecule has 1 aromatic carbocycles. The number of nitrogens with zero attached hydrogens (tertiary/aromatic N) is 4. The van der Waals surface area contributed by atoms with Gasteiger partial charge < -0.3 is 19.1 Å². The van der Waals surface area contributed by atoms with Crippen LogP contribution >= 0.6 is 0 Å². The molecule has 2 aliphatic rings. The van der Waals surface area contributed by atoms with Crippen LogP contribution < -0.4 is 4.90 Å². The van der Waals surface area contributed by atoms with Gasteiger partial charge in [-0.1, -0.05) is 0 Å². The first-order valence-electron chi connectivity index (χ1n) is 10.9. The van der Waals surface area contributed by atoms with Gasteiger partial charge in [0.1, 0.15) is 5.69 Å². The van der Waals surface area contributed by atoms with E-state index in [0.717, 1.165) is 12.1 Å². The van der Waals surface area contributed by atoms with E-state index in [1.54, 1.807) is 26.8 Å². The number of amides is 2. The third-order valence-electron chi connectivity index (χ3n) is 6.29. The summed E-state index contributed by atoms with van der Waals surface area (Å²) in [6, 6.07) is 5.73. The number of benzene rings is 1. The lowest BCUT2D eigenvalue weighted by Crippen LogP contribution is -2.52. The number of rotatable bonds is 4. The Morgan fingerprint density at radius 2 is 1.68 bits per heavy atom. The van der Waals surface area contributed by atoms with Crippen LogP contribution in [0.25, 0.3) is 0 Å². The van der Waals surface area contributed by atoms with Gasteiger partial charge in [0.05, 0.1) is 16.7 Å². The van der Waals surface area contributed by atoms with Crippen LogP contribution in [-0.2, 0) is 11.0 Å². The molecule has 182 valence electrons. The van der Waals surface area contributed by atoms with Crippen molar-refractivity contribution in [1.29, 1.82) is 0 Å². The fraction of sp³-hybridized carbons (Fsp3) is 0.455. The second kappa shape index (κ2) is 9.35. The molecule has 2 aromatic rings. The van der Waals surface area contributed by atoms with Crippen LogP contribution in [0.15, 0.2) is 41.0 Å². The summed E-state index contributed by atoms with van der Waals surface area (Å²) in [6.45, 7) is 2.04. The highest BCUT2D eigenvalue weighted by molar-refractivity contribution is 5.91. The lowest BCUT2D eigenvalue weighted by Gasteiger charge is -2.39. The quantitative estimate of drug-likeness (QED) is 0.491. The van der Waals surface area contributed by atoms with Gasteiger partial charge >= 0.3 is 6.18 Å². The lowest BCUT2D eigenvalue weighted by molar-refractivity contribution is -0.384. The van der Waals surface area contributed by atoms with E-state index in [4.69, 9.17) is 4.42 Å².